The molecule has 1 atom stereocenters. The van der Waals surface area contributed by atoms with Crippen molar-refractivity contribution in [2.75, 3.05) is 13.2 Å². The minimum atomic E-state index is -0.964. The van der Waals surface area contributed by atoms with Crippen LogP contribution in [0.15, 0.2) is 41.7 Å². The largest absolute Gasteiger partial charge is 0.463 e. The molecule has 176 valence electrons. The summed E-state index contributed by atoms with van der Waals surface area (Å²) in [5, 5.41) is 17.8. The molecule has 1 heterocycles. The van der Waals surface area contributed by atoms with Crippen LogP contribution >= 0.6 is 0 Å². The van der Waals surface area contributed by atoms with Gasteiger partial charge in [-0.15, -0.1) is 0 Å². The monoisotopic (exact) mass is 448 g/mol. The molecule has 0 aromatic carbocycles. The Hall–Kier alpha value is -1.30. The molecule has 0 aliphatic carbocycles. The summed E-state index contributed by atoms with van der Waals surface area (Å²) in [6, 6.07) is 7.95. The fourth-order valence-electron chi connectivity index (χ4n) is 3.55. The summed E-state index contributed by atoms with van der Waals surface area (Å²) in [5.41, 5.74) is 4.82. The molecule has 2 N–H and O–H groups in total. The van der Waals surface area contributed by atoms with Crippen LogP contribution in [-0.4, -0.2) is 43.9 Å². The highest BCUT2D eigenvalue weighted by Gasteiger charge is 2.07. The minimum Gasteiger partial charge on any atom is -0.463 e. The van der Waals surface area contributed by atoms with Crippen molar-refractivity contribution < 1.29 is 19.7 Å². The summed E-state index contributed by atoms with van der Waals surface area (Å²) in [7, 11) is -0.311. The van der Waals surface area contributed by atoms with Gasteiger partial charge < -0.3 is 14.9 Å². The van der Waals surface area contributed by atoms with E-state index < -0.39 is 6.10 Å². The van der Waals surface area contributed by atoms with Gasteiger partial charge >= 0.3 is 5.97 Å². The third kappa shape index (κ3) is 18.0. The van der Waals surface area contributed by atoms with Crippen molar-refractivity contribution in [3.05, 3.63) is 41.7 Å². The molecule has 0 bridgehead atoms. The second-order valence-corrected chi connectivity index (χ2v) is 10.8. The molecule has 0 spiro atoms. The Balaban J connectivity index is 1.77. The summed E-state index contributed by atoms with van der Waals surface area (Å²) in [5.74, 6) is -0.287. The van der Waals surface area contributed by atoms with Crippen LogP contribution < -0.4 is 0 Å². The Labute approximate surface area is 191 Å². The standard InChI is InChI=1S/C26H44O4Si/c27-23-25(28)24-30-26(29)19-15-12-10-8-6-4-2-1-3-5-7-9-11-13-16-20-31-21-17-14-18-22-31/h1-2,14,17-18,21-22,25,27-28H,3-13,15-16,19-20,23-24H2/b2-1-. The number of aliphatic hydroxyl groups is 2. The van der Waals surface area contributed by atoms with Gasteiger partial charge in [0.2, 0.25) is 0 Å². The number of carbonyl (C=O) groups is 1. The molecule has 0 aliphatic heterocycles. The molecule has 4 nitrogen and oxygen atoms in total. The molecule has 31 heavy (non-hydrogen) atoms. The normalized spacial score (nSPS) is 12.3. The zero-order chi connectivity index (χ0) is 22.4. The molecule has 1 rings (SSSR count). The van der Waals surface area contributed by atoms with E-state index >= 15 is 0 Å². The smallest absolute Gasteiger partial charge is 0.305 e. The van der Waals surface area contributed by atoms with E-state index in [1.54, 1.807) is 0 Å². The van der Waals surface area contributed by atoms with Crippen molar-refractivity contribution in [2.45, 2.75) is 102 Å². The molecule has 1 unspecified atom stereocenters. The van der Waals surface area contributed by atoms with Crippen LogP contribution in [0, 0.1) is 0 Å². The van der Waals surface area contributed by atoms with E-state index in [0.29, 0.717) is 6.42 Å². The van der Waals surface area contributed by atoms with E-state index in [9.17, 15) is 4.79 Å². The summed E-state index contributed by atoms with van der Waals surface area (Å²) >= 11 is 0. The average Bonchev–Trinajstić information content (AvgIpc) is 2.80. The first kappa shape index (κ1) is 27.7. The fourth-order valence-corrected chi connectivity index (χ4v) is 5.37. The second kappa shape index (κ2) is 20.6. The lowest BCUT2D eigenvalue weighted by Gasteiger charge is -2.08. The van der Waals surface area contributed by atoms with Crippen molar-refractivity contribution >= 4 is 14.4 Å². The molecule has 0 saturated heterocycles. The number of rotatable bonds is 20. The maximum Gasteiger partial charge on any atom is 0.305 e. The summed E-state index contributed by atoms with van der Waals surface area (Å²) < 4.78 is 4.88. The van der Waals surface area contributed by atoms with Crippen molar-refractivity contribution in [3.63, 3.8) is 0 Å². The predicted molar refractivity (Wildman–Crippen MR) is 130 cm³/mol. The van der Waals surface area contributed by atoms with Crippen molar-refractivity contribution in [1.29, 1.82) is 0 Å². The molecule has 0 fully saturated rings. The van der Waals surface area contributed by atoms with Gasteiger partial charge in [0.25, 0.3) is 0 Å². The maximum absolute atomic E-state index is 11.4. The van der Waals surface area contributed by atoms with Gasteiger partial charge in [-0.1, -0.05) is 93.1 Å². The minimum absolute atomic E-state index is 0.113. The molecule has 0 saturated carbocycles. The Morgan fingerprint density at radius 1 is 0.806 bits per heavy atom. The van der Waals surface area contributed by atoms with E-state index in [0.717, 1.165) is 25.7 Å². The molecule has 1 aromatic heterocycles. The first-order chi connectivity index (χ1) is 15.2. The average molecular weight is 449 g/mol. The number of ether oxygens (including phenoxy) is 1. The lowest BCUT2D eigenvalue weighted by Crippen LogP contribution is -2.21. The maximum atomic E-state index is 11.4. The highest BCUT2D eigenvalue weighted by atomic mass is 28.2. The fraction of sp³-hybridized carbons (Fsp3) is 0.692. The van der Waals surface area contributed by atoms with Crippen molar-refractivity contribution in [3.8, 4) is 0 Å². The van der Waals surface area contributed by atoms with Gasteiger partial charge in [0.05, 0.1) is 6.61 Å². The van der Waals surface area contributed by atoms with E-state index in [4.69, 9.17) is 14.9 Å². The highest BCUT2D eigenvalue weighted by molar-refractivity contribution is 6.49. The lowest BCUT2D eigenvalue weighted by atomic mass is 10.1. The Morgan fingerprint density at radius 2 is 1.35 bits per heavy atom. The molecule has 1 aromatic rings. The van der Waals surface area contributed by atoms with Gasteiger partial charge in [-0.3, -0.25) is 4.79 Å². The van der Waals surface area contributed by atoms with Gasteiger partial charge in [-0.05, 0) is 38.1 Å². The van der Waals surface area contributed by atoms with Gasteiger partial charge in [0, 0.05) is 14.8 Å². The van der Waals surface area contributed by atoms with Crippen molar-refractivity contribution in [1.82, 2.24) is 0 Å². The zero-order valence-corrected chi connectivity index (χ0v) is 20.4. The van der Waals surface area contributed by atoms with Crippen LogP contribution in [-0.2, 0) is 15.6 Å². The molecule has 0 aliphatic rings. The van der Waals surface area contributed by atoms with E-state index in [2.05, 4.69) is 41.7 Å². The summed E-state index contributed by atoms with van der Waals surface area (Å²) in [6.07, 6.45) is 20.1. The number of unbranched alkanes of at least 4 members (excludes halogenated alkanes) is 11. The third-order valence-electron chi connectivity index (χ3n) is 5.49. The molecule has 5 heteroatoms. The Morgan fingerprint density at radius 3 is 1.97 bits per heavy atom. The van der Waals surface area contributed by atoms with E-state index in [1.807, 2.05) is 0 Å². The number of hydrogen-bond acceptors (Lipinski definition) is 4. The van der Waals surface area contributed by atoms with Gasteiger partial charge in [0.15, 0.2) is 0 Å². The topological polar surface area (TPSA) is 66.8 Å². The van der Waals surface area contributed by atoms with Crippen LogP contribution in [0.3, 0.4) is 0 Å². The number of allylic oxidation sites excluding steroid dienone is 2. The van der Waals surface area contributed by atoms with Crippen LogP contribution in [0.1, 0.15) is 89.9 Å². The second-order valence-electron chi connectivity index (χ2n) is 8.44. The Kier molecular flexibility index (Phi) is 18.4. The number of aliphatic hydroxyl groups excluding tert-OH is 2. The first-order valence-electron chi connectivity index (χ1n) is 12.4. The molecular formula is C26H44O4Si. The highest BCUT2D eigenvalue weighted by Crippen LogP contribution is 2.10. The molecular weight excluding hydrogens is 404 g/mol. The number of hydrogen-bond donors (Lipinski definition) is 2. The lowest BCUT2D eigenvalue weighted by molar-refractivity contribution is -0.147. The van der Waals surface area contributed by atoms with Crippen molar-refractivity contribution in [2.24, 2.45) is 0 Å². The van der Waals surface area contributed by atoms with E-state index in [-0.39, 0.29) is 27.6 Å². The summed E-state index contributed by atoms with van der Waals surface area (Å²) in [6.45, 7) is -0.489. The third-order valence-corrected chi connectivity index (χ3v) is 7.67. The number of esters is 1. The van der Waals surface area contributed by atoms with Gasteiger partial charge in [0.1, 0.15) is 12.7 Å². The van der Waals surface area contributed by atoms with Gasteiger partial charge in [-0.2, -0.15) is 0 Å². The summed E-state index contributed by atoms with van der Waals surface area (Å²) in [4.78, 5) is 11.4. The SMILES string of the molecule is O=C(CCCCCCC/C=C\CCCCCCCC[si]1ccccc1)OCC(O)CO. The number of aryl methyl sites for hydroxylation is 1. The molecule has 0 amide bonds. The predicted octanol–water partition coefficient (Wildman–Crippen LogP) is 5.63. The first-order valence-corrected chi connectivity index (χ1v) is 14.2. The van der Waals surface area contributed by atoms with Gasteiger partial charge in [-0.25, -0.2) is 0 Å². The Bertz CT molecular complexity index is 562. The zero-order valence-electron chi connectivity index (χ0n) is 19.4. The molecule has 0 radical (unpaired) electrons. The van der Waals surface area contributed by atoms with Crippen LogP contribution in [0.2, 0.25) is 0 Å². The van der Waals surface area contributed by atoms with Crippen LogP contribution in [0.5, 0.6) is 0 Å². The quantitative estimate of drug-likeness (QED) is 0.117. The van der Waals surface area contributed by atoms with Crippen LogP contribution in [0.25, 0.3) is 0 Å². The van der Waals surface area contributed by atoms with E-state index in [1.165, 1.54) is 63.8 Å². The number of carbonyl (C=O) groups excluding carboxylic acids is 1. The van der Waals surface area contributed by atoms with Crippen LogP contribution in [0.4, 0.5) is 0 Å².